The molecule has 1 aliphatic rings. The molecule has 0 radical (unpaired) electrons. The molecule has 2 N–H and O–H groups in total. The number of halogens is 2. The molecule has 0 spiro atoms. The van der Waals surface area contributed by atoms with Crippen LogP contribution in [0.1, 0.15) is 30.5 Å². The van der Waals surface area contributed by atoms with E-state index >= 15 is 0 Å². The van der Waals surface area contributed by atoms with Gasteiger partial charge in [0.05, 0.1) is 11.7 Å². The zero-order chi connectivity index (χ0) is 15.7. The second kappa shape index (κ2) is 5.97. The number of anilines is 2. The van der Waals surface area contributed by atoms with Gasteiger partial charge in [-0.05, 0) is 54.3 Å². The van der Waals surface area contributed by atoms with E-state index < -0.39 is 5.82 Å². The molecule has 2 aromatic rings. The standard InChI is InChI=1S/C17H16ClFN2O/c1-10(22)20-17-9-13(4-6-15(17)19)21-16-7-2-11-8-12(18)3-5-14(11)16/h3-6,8-9,16,21H,2,7H2,1H3,(H,20,22)/t16-/m0/s1. The van der Waals surface area contributed by atoms with Crippen LogP contribution in [0.3, 0.4) is 0 Å². The summed E-state index contributed by atoms with van der Waals surface area (Å²) in [6, 6.07) is 10.7. The Bertz CT molecular complexity index is 733. The lowest BCUT2D eigenvalue weighted by Gasteiger charge is -2.17. The summed E-state index contributed by atoms with van der Waals surface area (Å²) < 4.78 is 13.7. The van der Waals surface area contributed by atoms with Gasteiger partial charge in [0.1, 0.15) is 5.82 Å². The molecule has 0 saturated heterocycles. The van der Waals surface area contributed by atoms with Crippen LogP contribution in [0.2, 0.25) is 5.02 Å². The third kappa shape index (κ3) is 3.07. The first kappa shape index (κ1) is 14.9. The van der Waals surface area contributed by atoms with Crippen LogP contribution in [0.15, 0.2) is 36.4 Å². The minimum atomic E-state index is -0.445. The molecule has 0 bridgehead atoms. The normalized spacial score (nSPS) is 16.2. The SMILES string of the molecule is CC(=O)Nc1cc(N[C@H]2CCc3cc(Cl)ccc32)ccc1F. The summed E-state index contributed by atoms with van der Waals surface area (Å²) in [5, 5.41) is 6.63. The zero-order valence-corrected chi connectivity index (χ0v) is 12.9. The van der Waals surface area contributed by atoms with Gasteiger partial charge in [-0.25, -0.2) is 4.39 Å². The fourth-order valence-electron chi connectivity index (χ4n) is 2.84. The van der Waals surface area contributed by atoms with Gasteiger partial charge in [-0.15, -0.1) is 0 Å². The smallest absolute Gasteiger partial charge is 0.221 e. The third-order valence-electron chi connectivity index (χ3n) is 3.80. The highest BCUT2D eigenvalue weighted by Gasteiger charge is 2.22. The lowest BCUT2D eigenvalue weighted by molar-refractivity contribution is -0.114. The molecule has 0 fully saturated rings. The Morgan fingerprint density at radius 2 is 2.09 bits per heavy atom. The lowest BCUT2D eigenvalue weighted by Crippen LogP contribution is -2.10. The van der Waals surface area contributed by atoms with E-state index in [0.717, 1.165) is 23.6 Å². The van der Waals surface area contributed by atoms with Gasteiger partial charge >= 0.3 is 0 Å². The van der Waals surface area contributed by atoms with Crippen LogP contribution < -0.4 is 10.6 Å². The highest BCUT2D eigenvalue weighted by Crippen LogP contribution is 2.35. The Labute approximate surface area is 133 Å². The summed E-state index contributed by atoms with van der Waals surface area (Å²) >= 11 is 6.02. The summed E-state index contributed by atoms with van der Waals surface area (Å²) in [5.74, 6) is -0.740. The van der Waals surface area contributed by atoms with E-state index in [1.807, 2.05) is 18.2 Å². The van der Waals surface area contributed by atoms with E-state index in [4.69, 9.17) is 11.6 Å². The molecular formula is C17H16ClFN2O. The van der Waals surface area contributed by atoms with E-state index in [9.17, 15) is 9.18 Å². The topological polar surface area (TPSA) is 41.1 Å². The second-order valence-corrected chi connectivity index (χ2v) is 5.89. The molecular weight excluding hydrogens is 303 g/mol. The summed E-state index contributed by atoms with van der Waals surface area (Å²) in [6.07, 6.45) is 1.93. The van der Waals surface area contributed by atoms with Gasteiger partial charge < -0.3 is 10.6 Å². The zero-order valence-electron chi connectivity index (χ0n) is 12.1. The van der Waals surface area contributed by atoms with Crippen molar-refractivity contribution in [2.75, 3.05) is 10.6 Å². The molecule has 1 aliphatic carbocycles. The van der Waals surface area contributed by atoms with Crippen molar-refractivity contribution >= 4 is 28.9 Å². The van der Waals surface area contributed by atoms with Gasteiger partial charge in [-0.1, -0.05) is 17.7 Å². The van der Waals surface area contributed by atoms with Gasteiger partial charge in [-0.3, -0.25) is 4.79 Å². The van der Waals surface area contributed by atoms with E-state index in [-0.39, 0.29) is 17.6 Å². The molecule has 0 aromatic heterocycles. The van der Waals surface area contributed by atoms with Gasteiger partial charge in [0.2, 0.25) is 5.91 Å². The third-order valence-corrected chi connectivity index (χ3v) is 4.04. The molecule has 3 nitrogen and oxygen atoms in total. The highest BCUT2D eigenvalue weighted by atomic mass is 35.5. The number of carbonyl (C=O) groups excluding carboxylic acids is 1. The van der Waals surface area contributed by atoms with Gasteiger partial charge in [0.25, 0.3) is 0 Å². The molecule has 22 heavy (non-hydrogen) atoms. The fourth-order valence-corrected chi connectivity index (χ4v) is 3.03. The maximum Gasteiger partial charge on any atom is 0.221 e. The van der Waals surface area contributed by atoms with Crippen LogP contribution in [0, 0.1) is 5.82 Å². The maximum absolute atomic E-state index is 13.7. The first-order chi connectivity index (χ1) is 10.5. The summed E-state index contributed by atoms with van der Waals surface area (Å²) in [4.78, 5) is 11.1. The molecule has 1 atom stereocenters. The van der Waals surface area contributed by atoms with Crippen molar-refractivity contribution in [3.63, 3.8) is 0 Å². The number of aryl methyl sites for hydroxylation is 1. The van der Waals surface area contributed by atoms with Crippen molar-refractivity contribution in [3.8, 4) is 0 Å². The Morgan fingerprint density at radius 3 is 2.86 bits per heavy atom. The Balaban J connectivity index is 1.82. The van der Waals surface area contributed by atoms with Gasteiger partial charge in [-0.2, -0.15) is 0 Å². The fraction of sp³-hybridized carbons (Fsp3) is 0.235. The summed E-state index contributed by atoms with van der Waals surface area (Å²) in [7, 11) is 0. The molecule has 0 unspecified atom stereocenters. The molecule has 114 valence electrons. The number of hydrogen-bond donors (Lipinski definition) is 2. The monoisotopic (exact) mass is 318 g/mol. The molecule has 2 aromatic carbocycles. The summed E-state index contributed by atoms with van der Waals surface area (Å²) in [5.41, 5.74) is 3.42. The molecule has 3 rings (SSSR count). The number of rotatable bonds is 3. The summed E-state index contributed by atoms with van der Waals surface area (Å²) in [6.45, 7) is 1.36. The average molecular weight is 319 g/mol. The quantitative estimate of drug-likeness (QED) is 0.872. The maximum atomic E-state index is 13.7. The van der Waals surface area contributed by atoms with Crippen LogP contribution in [0.5, 0.6) is 0 Å². The number of hydrogen-bond acceptors (Lipinski definition) is 2. The first-order valence-corrected chi connectivity index (χ1v) is 7.53. The van der Waals surface area contributed by atoms with Crippen molar-refractivity contribution in [2.24, 2.45) is 0 Å². The number of carbonyl (C=O) groups is 1. The lowest BCUT2D eigenvalue weighted by atomic mass is 10.1. The van der Waals surface area contributed by atoms with E-state index in [0.29, 0.717) is 0 Å². The minimum absolute atomic E-state index is 0.169. The first-order valence-electron chi connectivity index (χ1n) is 7.15. The van der Waals surface area contributed by atoms with E-state index in [2.05, 4.69) is 10.6 Å². The van der Waals surface area contributed by atoms with Crippen LogP contribution >= 0.6 is 11.6 Å². The Morgan fingerprint density at radius 1 is 1.27 bits per heavy atom. The van der Waals surface area contributed by atoms with Crippen molar-refractivity contribution in [2.45, 2.75) is 25.8 Å². The van der Waals surface area contributed by atoms with Crippen molar-refractivity contribution in [1.29, 1.82) is 0 Å². The highest BCUT2D eigenvalue weighted by molar-refractivity contribution is 6.30. The van der Waals surface area contributed by atoms with Crippen LogP contribution in [-0.2, 0) is 11.2 Å². The molecule has 0 aliphatic heterocycles. The van der Waals surface area contributed by atoms with Crippen LogP contribution in [0.25, 0.3) is 0 Å². The predicted molar refractivity (Wildman–Crippen MR) is 86.8 cm³/mol. The molecule has 5 heteroatoms. The Hall–Kier alpha value is -2.07. The van der Waals surface area contributed by atoms with Gasteiger partial charge in [0.15, 0.2) is 0 Å². The van der Waals surface area contributed by atoms with Crippen LogP contribution in [-0.4, -0.2) is 5.91 Å². The number of amides is 1. The van der Waals surface area contributed by atoms with Crippen molar-refractivity contribution in [1.82, 2.24) is 0 Å². The number of fused-ring (bicyclic) bond motifs is 1. The van der Waals surface area contributed by atoms with Crippen molar-refractivity contribution in [3.05, 3.63) is 58.4 Å². The Kier molecular flexibility index (Phi) is 4.03. The largest absolute Gasteiger partial charge is 0.378 e. The van der Waals surface area contributed by atoms with Crippen LogP contribution in [0.4, 0.5) is 15.8 Å². The van der Waals surface area contributed by atoms with Gasteiger partial charge in [0, 0.05) is 17.6 Å². The molecule has 0 saturated carbocycles. The van der Waals surface area contributed by atoms with E-state index in [1.165, 1.54) is 24.1 Å². The predicted octanol–water partition coefficient (Wildman–Crippen LogP) is 4.54. The molecule has 1 amide bonds. The van der Waals surface area contributed by atoms with Crippen molar-refractivity contribution < 1.29 is 9.18 Å². The number of benzene rings is 2. The average Bonchev–Trinajstić information content (AvgIpc) is 2.84. The number of nitrogens with one attached hydrogen (secondary N) is 2. The minimum Gasteiger partial charge on any atom is -0.378 e. The van der Waals surface area contributed by atoms with E-state index in [1.54, 1.807) is 12.1 Å². The molecule has 0 heterocycles. The second-order valence-electron chi connectivity index (χ2n) is 5.45.